The van der Waals surface area contributed by atoms with Crippen molar-refractivity contribution < 1.29 is 14.9 Å². The Balaban J connectivity index is 3.13. The van der Waals surface area contributed by atoms with E-state index in [1.54, 1.807) is 39.2 Å². The first-order valence-electron chi connectivity index (χ1n) is 4.59. The monoisotopic (exact) mass is 196 g/mol. The van der Waals surface area contributed by atoms with Crippen LogP contribution in [0.25, 0.3) is 0 Å². The van der Waals surface area contributed by atoms with E-state index in [1.165, 1.54) is 0 Å². The number of rotatable bonds is 3. The summed E-state index contributed by atoms with van der Waals surface area (Å²) in [6, 6.07) is 5.30. The zero-order valence-corrected chi connectivity index (χ0v) is 8.69. The molecule has 0 fully saturated rings. The van der Waals surface area contributed by atoms with E-state index in [9.17, 15) is 10.2 Å². The Hall–Kier alpha value is -1.06. The third kappa shape index (κ3) is 2.47. The van der Waals surface area contributed by atoms with Crippen molar-refractivity contribution in [3.63, 3.8) is 0 Å². The second kappa shape index (κ2) is 4.44. The van der Waals surface area contributed by atoms with Crippen molar-refractivity contribution >= 4 is 0 Å². The van der Waals surface area contributed by atoms with E-state index < -0.39 is 12.2 Å². The highest BCUT2D eigenvalue weighted by Crippen LogP contribution is 2.25. The minimum atomic E-state index is -0.553. The highest BCUT2D eigenvalue weighted by atomic mass is 16.5. The van der Waals surface area contributed by atoms with Gasteiger partial charge in [0.05, 0.1) is 19.3 Å². The van der Waals surface area contributed by atoms with Crippen LogP contribution in [0.4, 0.5) is 0 Å². The van der Waals surface area contributed by atoms with Gasteiger partial charge in [0.1, 0.15) is 5.75 Å². The van der Waals surface area contributed by atoms with Crippen LogP contribution in [0.5, 0.6) is 5.75 Å². The molecule has 1 aromatic rings. The van der Waals surface area contributed by atoms with Gasteiger partial charge in [-0.1, -0.05) is 6.07 Å². The summed E-state index contributed by atoms with van der Waals surface area (Å²) in [6.07, 6.45) is -1.11. The molecule has 1 rings (SSSR count). The van der Waals surface area contributed by atoms with Crippen molar-refractivity contribution in [1.82, 2.24) is 0 Å². The molecular formula is C11H16O3. The summed E-state index contributed by atoms with van der Waals surface area (Å²) in [5.74, 6) is 0.652. The molecule has 2 atom stereocenters. The number of benzene rings is 1. The molecule has 14 heavy (non-hydrogen) atoms. The van der Waals surface area contributed by atoms with Gasteiger partial charge in [-0.2, -0.15) is 0 Å². The first-order chi connectivity index (χ1) is 6.54. The first kappa shape index (κ1) is 11.0. The van der Waals surface area contributed by atoms with Crippen molar-refractivity contribution in [2.45, 2.75) is 26.1 Å². The normalized spacial score (nSPS) is 14.9. The summed E-state index contributed by atoms with van der Waals surface area (Å²) in [7, 11) is 1.56. The van der Waals surface area contributed by atoms with E-state index in [0.29, 0.717) is 5.75 Å². The van der Waals surface area contributed by atoms with Crippen molar-refractivity contribution in [3.8, 4) is 5.75 Å². The molecule has 0 aliphatic heterocycles. The van der Waals surface area contributed by atoms with E-state index in [2.05, 4.69) is 0 Å². The predicted octanol–water partition coefficient (Wildman–Crippen LogP) is 1.80. The molecule has 0 spiro atoms. The summed E-state index contributed by atoms with van der Waals surface area (Å²) >= 11 is 0. The van der Waals surface area contributed by atoms with Crippen LogP contribution in [-0.2, 0) is 0 Å². The molecule has 0 heterocycles. The molecule has 0 amide bonds. The lowest BCUT2D eigenvalue weighted by Gasteiger charge is -2.12. The SMILES string of the molecule is COc1cc(C(C)O)cc(C(C)O)c1. The molecule has 0 saturated carbocycles. The van der Waals surface area contributed by atoms with Gasteiger partial charge in [0.2, 0.25) is 0 Å². The summed E-state index contributed by atoms with van der Waals surface area (Å²) in [6.45, 7) is 3.36. The number of ether oxygens (including phenoxy) is 1. The number of aliphatic hydroxyl groups is 2. The van der Waals surface area contributed by atoms with Crippen molar-refractivity contribution in [2.75, 3.05) is 7.11 Å². The van der Waals surface area contributed by atoms with Gasteiger partial charge >= 0.3 is 0 Å². The molecule has 2 N–H and O–H groups in total. The fourth-order valence-electron chi connectivity index (χ4n) is 1.25. The van der Waals surface area contributed by atoms with Gasteiger partial charge in [0, 0.05) is 0 Å². The standard InChI is InChI=1S/C11H16O3/c1-7(12)9-4-10(8(2)13)6-11(5-9)14-3/h4-8,12-13H,1-3H3. The number of aliphatic hydroxyl groups excluding tert-OH is 2. The Morgan fingerprint density at radius 2 is 1.43 bits per heavy atom. The average molecular weight is 196 g/mol. The van der Waals surface area contributed by atoms with Crippen LogP contribution < -0.4 is 4.74 Å². The van der Waals surface area contributed by atoms with E-state index in [1.807, 2.05) is 0 Å². The maximum Gasteiger partial charge on any atom is 0.119 e. The molecule has 0 bridgehead atoms. The van der Waals surface area contributed by atoms with Gasteiger partial charge < -0.3 is 14.9 Å². The number of hydrogen-bond donors (Lipinski definition) is 2. The predicted molar refractivity (Wildman–Crippen MR) is 54.3 cm³/mol. The minimum absolute atomic E-state index is 0.553. The fourth-order valence-corrected chi connectivity index (χ4v) is 1.25. The molecule has 0 saturated heterocycles. The van der Waals surface area contributed by atoms with Crippen LogP contribution >= 0.6 is 0 Å². The zero-order valence-electron chi connectivity index (χ0n) is 8.69. The Morgan fingerprint density at radius 3 is 1.71 bits per heavy atom. The highest BCUT2D eigenvalue weighted by Gasteiger charge is 2.08. The molecule has 3 nitrogen and oxygen atoms in total. The average Bonchev–Trinajstić information content (AvgIpc) is 2.16. The van der Waals surface area contributed by atoms with Crippen LogP contribution in [0.15, 0.2) is 18.2 Å². The summed E-state index contributed by atoms with van der Waals surface area (Å²) in [5.41, 5.74) is 1.50. The Morgan fingerprint density at radius 1 is 1.00 bits per heavy atom. The molecule has 1 aromatic carbocycles. The maximum absolute atomic E-state index is 9.41. The van der Waals surface area contributed by atoms with Crippen LogP contribution in [-0.4, -0.2) is 17.3 Å². The third-order valence-electron chi connectivity index (χ3n) is 2.15. The van der Waals surface area contributed by atoms with Gasteiger partial charge in [0.15, 0.2) is 0 Å². The second-order valence-electron chi connectivity index (χ2n) is 3.39. The van der Waals surface area contributed by atoms with Crippen molar-refractivity contribution in [1.29, 1.82) is 0 Å². The first-order valence-corrected chi connectivity index (χ1v) is 4.59. The maximum atomic E-state index is 9.41. The summed E-state index contributed by atoms with van der Waals surface area (Å²) in [5, 5.41) is 18.8. The van der Waals surface area contributed by atoms with Gasteiger partial charge in [-0.05, 0) is 37.1 Å². The Labute approximate surface area is 84.0 Å². The fraction of sp³-hybridized carbons (Fsp3) is 0.455. The van der Waals surface area contributed by atoms with Crippen LogP contribution in [0.3, 0.4) is 0 Å². The van der Waals surface area contributed by atoms with E-state index in [0.717, 1.165) is 11.1 Å². The van der Waals surface area contributed by atoms with Gasteiger partial charge in [-0.3, -0.25) is 0 Å². The lowest BCUT2D eigenvalue weighted by Crippen LogP contribution is -1.98. The zero-order chi connectivity index (χ0) is 10.7. The quantitative estimate of drug-likeness (QED) is 0.775. The Bertz CT molecular complexity index is 279. The van der Waals surface area contributed by atoms with Gasteiger partial charge in [-0.25, -0.2) is 0 Å². The highest BCUT2D eigenvalue weighted by molar-refractivity contribution is 5.36. The largest absolute Gasteiger partial charge is 0.497 e. The summed E-state index contributed by atoms with van der Waals surface area (Å²) < 4.78 is 5.07. The summed E-state index contributed by atoms with van der Waals surface area (Å²) in [4.78, 5) is 0. The third-order valence-corrected chi connectivity index (χ3v) is 2.15. The molecule has 0 aliphatic rings. The van der Waals surface area contributed by atoms with Crippen molar-refractivity contribution in [2.24, 2.45) is 0 Å². The van der Waals surface area contributed by atoms with Crippen molar-refractivity contribution in [3.05, 3.63) is 29.3 Å². The van der Waals surface area contributed by atoms with Crippen LogP contribution in [0.1, 0.15) is 37.2 Å². The molecule has 3 heteroatoms. The molecule has 78 valence electrons. The molecule has 0 aromatic heterocycles. The van der Waals surface area contributed by atoms with Crippen LogP contribution in [0, 0.1) is 0 Å². The van der Waals surface area contributed by atoms with Gasteiger partial charge in [0.25, 0.3) is 0 Å². The van der Waals surface area contributed by atoms with E-state index >= 15 is 0 Å². The van der Waals surface area contributed by atoms with E-state index in [4.69, 9.17) is 4.74 Å². The van der Waals surface area contributed by atoms with Crippen LogP contribution in [0.2, 0.25) is 0 Å². The molecule has 0 radical (unpaired) electrons. The number of hydrogen-bond acceptors (Lipinski definition) is 3. The number of methoxy groups -OCH3 is 1. The van der Waals surface area contributed by atoms with E-state index in [-0.39, 0.29) is 0 Å². The lowest BCUT2D eigenvalue weighted by atomic mass is 10.0. The second-order valence-corrected chi connectivity index (χ2v) is 3.39. The topological polar surface area (TPSA) is 49.7 Å². The van der Waals surface area contributed by atoms with Gasteiger partial charge in [-0.15, -0.1) is 0 Å². The Kier molecular flexibility index (Phi) is 3.49. The lowest BCUT2D eigenvalue weighted by molar-refractivity contribution is 0.191. The molecule has 2 unspecified atom stereocenters. The minimum Gasteiger partial charge on any atom is -0.497 e. The molecular weight excluding hydrogens is 180 g/mol. The molecule has 0 aliphatic carbocycles. The smallest absolute Gasteiger partial charge is 0.119 e.